The average molecular weight is 285 g/mol. The van der Waals surface area contributed by atoms with E-state index in [1.807, 2.05) is 0 Å². The minimum atomic E-state index is -0.606. The molecule has 1 aliphatic carbocycles. The number of thioether (sulfide) groups is 1. The molecule has 2 aliphatic heterocycles. The second-order valence-corrected chi connectivity index (χ2v) is 7.37. The van der Waals surface area contributed by atoms with Crippen molar-refractivity contribution in [1.82, 2.24) is 0 Å². The molecule has 1 saturated carbocycles. The van der Waals surface area contributed by atoms with Gasteiger partial charge in [0.15, 0.2) is 5.79 Å². The summed E-state index contributed by atoms with van der Waals surface area (Å²) in [7, 11) is 0. The summed E-state index contributed by atoms with van der Waals surface area (Å²) >= 11 is 1.77. The first-order valence-electron chi connectivity index (χ1n) is 7.24. The number of rotatable bonds is 2. The predicted octanol–water partition coefficient (Wildman–Crippen LogP) is 2.20. The summed E-state index contributed by atoms with van der Waals surface area (Å²) in [5.74, 6) is 0.0760. The zero-order valence-electron chi connectivity index (χ0n) is 11.7. The third-order valence-electron chi connectivity index (χ3n) is 4.46. The number of ether oxygens (including phenoxy) is 2. The van der Waals surface area contributed by atoms with Gasteiger partial charge in [-0.05, 0) is 12.8 Å². The third kappa shape index (κ3) is 2.58. The maximum Gasteiger partial charge on any atom is 0.168 e. The van der Waals surface area contributed by atoms with E-state index in [2.05, 4.69) is 18.8 Å². The molecule has 3 rings (SSSR count). The summed E-state index contributed by atoms with van der Waals surface area (Å²) in [6.07, 6.45) is 3.12. The van der Waals surface area contributed by atoms with Gasteiger partial charge in [-0.2, -0.15) is 0 Å². The van der Waals surface area contributed by atoms with Gasteiger partial charge in [0, 0.05) is 18.8 Å². The van der Waals surface area contributed by atoms with E-state index >= 15 is 0 Å². The van der Waals surface area contributed by atoms with Crippen LogP contribution in [0.2, 0.25) is 0 Å². The fraction of sp³-hybridized carbons (Fsp3) is 0.929. The van der Waals surface area contributed by atoms with Crippen LogP contribution < -0.4 is 0 Å². The minimum absolute atomic E-state index is 0.212. The standard InChI is InChI=1S/C14H23NO3S/c1-10(2)12-15-9-11(19-12)13(16)3-5-14(6-4-13)17-7-8-18-14/h10-11,16H,3-9H2,1-2H3. The van der Waals surface area contributed by atoms with Gasteiger partial charge in [0.2, 0.25) is 0 Å². The Morgan fingerprint density at radius 1 is 1.21 bits per heavy atom. The van der Waals surface area contributed by atoms with Crippen molar-refractivity contribution in [2.45, 2.75) is 56.2 Å². The van der Waals surface area contributed by atoms with E-state index in [-0.39, 0.29) is 5.25 Å². The highest BCUT2D eigenvalue weighted by Gasteiger charge is 2.50. The first-order valence-corrected chi connectivity index (χ1v) is 8.12. The Morgan fingerprint density at radius 3 is 2.37 bits per heavy atom. The SMILES string of the molecule is CC(C)C1=NCC(C2(O)CCC3(CC2)OCCO3)S1. The lowest BCUT2D eigenvalue weighted by molar-refractivity contribution is -0.202. The summed E-state index contributed by atoms with van der Waals surface area (Å²) in [5, 5.41) is 12.3. The summed E-state index contributed by atoms with van der Waals surface area (Å²) in [6, 6.07) is 0. The highest BCUT2D eigenvalue weighted by molar-refractivity contribution is 8.14. The molecule has 0 aromatic heterocycles. The first kappa shape index (κ1) is 13.9. The van der Waals surface area contributed by atoms with Crippen molar-refractivity contribution in [3.05, 3.63) is 0 Å². The van der Waals surface area contributed by atoms with Gasteiger partial charge in [-0.3, -0.25) is 4.99 Å². The van der Waals surface area contributed by atoms with Crippen LogP contribution in [0.15, 0.2) is 4.99 Å². The molecule has 1 saturated heterocycles. The van der Waals surface area contributed by atoms with Crippen LogP contribution >= 0.6 is 11.8 Å². The molecule has 19 heavy (non-hydrogen) atoms. The van der Waals surface area contributed by atoms with Crippen LogP contribution in [0.4, 0.5) is 0 Å². The van der Waals surface area contributed by atoms with Gasteiger partial charge in [-0.25, -0.2) is 0 Å². The molecular formula is C14H23NO3S. The Hall–Kier alpha value is -0.100. The largest absolute Gasteiger partial charge is 0.389 e. The van der Waals surface area contributed by atoms with E-state index in [0.29, 0.717) is 19.1 Å². The molecule has 1 N–H and O–H groups in total. The third-order valence-corrected chi connectivity index (χ3v) is 6.17. The highest BCUT2D eigenvalue weighted by atomic mass is 32.2. The van der Waals surface area contributed by atoms with Gasteiger partial charge in [0.25, 0.3) is 0 Å². The lowest BCUT2D eigenvalue weighted by atomic mass is 9.79. The lowest BCUT2D eigenvalue weighted by Gasteiger charge is -2.43. The summed E-state index contributed by atoms with van der Waals surface area (Å²) in [6.45, 7) is 6.46. The van der Waals surface area contributed by atoms with Crippen molar-refractivity contribution in [3.8, 4) is 0 Å². The number of hydrogen-bond donors (Lipinski definition) is 1. The fourth-order valence-corrected chi connectivity index (χ4v) is 4.48. The van der Waals surface area contributed by atoms with E-state index < -0.39 is 11.4 Å². The molecule has 4 nitrogen and oxygen atoms in total. The summed E-state index contributed by atoms with van der Waals surface area (Å²) < 4.78 is 11.5. The highest BCUT2D eigenvalue weighted by Crippen LogP contribution is 2.46. The van der Waals surface area contributed by atoms with Crippen LogP contribution in [-0.2, 0) is 9.47 Å². The molecule has 0 bridgehead atoms. The van der Waals surface area contributed by atoms with Gasteiger partial charge in [0.1, 0.15) is 0 Å². The Balaban J connectivity index is 1.60. The quantitative estimate of drug-likeness (QED) is 0.845. The minimum Gasteiger partial charge on any atom is -0.389 e. The van der Waals surface area contributed by atoms with Crippen LogP contribution in [0.3, 0.4) is 0 Å². The molecule has 5 heteroatoms. The average Bonchev–Trinajstić information content (AvgIpc) is 3.04. The van der Waals surface area contributed by atoms with E-state index in [1.54, 1.807) is 11.8 Å². The number of aliphatic imine (C=N–C) groups is 1. The van der Waals surface area contributed by atoms with Gasteiger partial charge in [0.05, 0.1) is 35.7 Å². The van der Waals surface area contributed by atoms with Gasteiger partial charge in [-0.15, -0.1) is 11.8 Å². The number of hydrogen-bond acceptors (Lipinski definition) is 5. The molecule has 0 radical (unpaired) electrons. The topological polar surface area (TPSA) is 51.1 Å². The summed E-state index contributed by atoms with van der Waals surface area (Å²) in [5.41, 5.74) is -0.606. The maximum atomic E-state index is 10.9. The molecule has 108 valence electrons. The Bertz CT molecular complexity index is 367. The van der Waals surface area contributed by atoms with E-state index in [1.165, 1.54) is 5.04 Å². The van der Waals surface area contributed by atoms with Crippen LogP contribution in [0.1, 0.15) is 39.5 Å². The molecule has 2 heterocycles. The number of aliphatic hydroxyl groups is 1. The molecule has 1 spiro atoms. The van der Waals surface area contributed by atoms with Gasteiger partial charge >= 0.3 is 0 Å². The van der Waals surface area contributed by atoms with Crippen LogP contribution in [0.5, 0.6) is 0 Å². The molecule has 1 unspecified atom stereocenters. The Labute approximate surface area is 119 Å². The van der Waals surface area contributed by atoms with Crippen molar-refractivity contribution in [1.29, 1.82) is 0 Å². The lowest BCUT2D eigenvalue weighted by Crippen LogP contribution is -2.49. The van der Waals surface area contributed by atoms with Gasteiger partial charge in [-0.1, -0.05) is 13.8 Å². The molecule has 0 aromatic rings. The smallest absolute Gasteiger partial charge is 0.168 e. The number of nitrogens with zero attached hydrogens (tertiary/aromatic N) is 1. The van der Waals surface area contributed by atoms with Crippen LogP contribution in [0.25, 0.3) is 0 Å². The zero-order valence-corrected chi connectivity index (χ0v) is 12.5. The molecule has 1 atom stereocenters. The van der Waals surface area contributed by atoms with Crippen LogP contribution in [0, 0.1) is 5.92 Å². The predicted molar refractivity (Wildman–Crippen MR) is 76.6 cm³/mol. The maximum absolute atomic E-state index is 10.9. The van der Waals surface area contributed by atoms with Gasteiger partial charge < -0.3 is 14.6 Å². The van der Waals surface area contributed by atoms with Crippen molar-refractivity contribution in [3.63, 3.8) is 0 Å². The van der Waals surface area contributed by atoms with E-state index in [9.17, 15) is 5.11 Å². The second-order valence-electron chi connectivity index (χ2n) is 6.15. The first-order chi connectivity index (χ1) is 9.03. The normalized spacial score (nSPS) is 33.1. The monoisotopic (exact) mass is 285 g/mol. The Morgan fingerprint density at radius 2 is 1.84 bits per heavy atom. The second kappa shape index (κ2) is 5.02. The van der Waals surface area contributed by atoms with Crippen molar-refractivity contribution >= 4 is 16.8 Å². The van der Waals surface area contributed by atoms with Crippen molar-refractivity contribution < 1.29 is 14.6 Å². The Kier molecular flexibility index (Phi) is 3.67. The molecule has 0 aromatic carbocycles. The molecule has 0 amide bonds. The molecular weight excluding hydrogens is 262 g/mol. The van der Waals surface area contributed by atoms with E-state index in [4.69, 9.17) is 9.47 Å². The van der Waals surface area contributed by atoms with Crippen molar-refractivity contribution in [2.75, 3.05) is 19.8 Å². The summed E-state index contributed by atoms with van der Waals surface area (Å²) in [4.78, 5) is 4.58. The van der Waals surface area contributed by atoms with Crippen molar-refractivity contribution in [2.24, 2.45) is 10.9 Å². The zero-order chi connectivity index (χ0) is 13.5. The molecule has 3 aliphatic rings. The fourth-order valence-electron chi connectivity index (χ4n) is 3.16. The molecule has 2 fully saturated rings. The van der Waals surface area contributed by atoms with Crippen LogP contribution in [-0.4, -0.2) is 46.5 Å². The van der Waals surface area contributed by atoms with E-state index in [0.717, 1.165) is 32.2 Å².